The third-order valence-electron chi connectivity index (χ3n) is 5.06. The number of urea groups is 1. The highest BCUT2D eigenvalue weighted by molar-refractivity contribution is 5.92. The second-order valence-corrected chi connectivity index (χ2v) is 7.26. The van der Waals surface area contributed by atoms with E-state index in [9.17, 15) is 9.59 Å². The fraction of sp³-hybridized carbons (Fsp3) is 0.364. The van der Waals surface area contributed by atoms with Crippen molar-refractivity contribution in [1.29, 1.82) is 0 Å². The Hall–Kier alpha value is -2.86. The Morgan fingerprint density at radius 1 is 0.964 bits per heavy atom. The van der Waals surface area contributed by atoms with E-state index in [4.69, 9.17) is 0 Å². The molecule has 1 heterocycles. The number of nitrogens with zero attached hydrogens (tertiary/aromatic N) is 2. The van der Waals surface area contributed by atoms with Crippen molar-refractivity contribution in [2.24, 2.45) is 0 Å². The van der Waals surface area contributed by atoms with Crippen LogP contribution in [0.1, 0.15) is 16.7 Å². The minimum absolute atomic E-state index is 0.00937. The molecule has 1 fully saturated rings. The Morgan fingerprint density at radius 3 is 2.43 bits per heavy atom. The molecule has 2 N–H and O–H groups in total. The lowest BCUT2D eigenvalue weighted by molar-refractivity contribution is -0.131. The summed E-state index contributed by atoms with van der Waals surface area (Å²) >= 11 is 0. The molecule has 0 saturated carbocycles. The van der Waals surface area contributed by atoms with Gasteiger partial charge in [0.1, 0.15) is 0 Å². The van der Waals surface area contributed by atoms with Crippen LogP contribution in [0.5, 0.6) is 0 Å². The lowest BCUT2D eigenvalue weighted by atomic mass is 10.1. The maximum Gasteiger partial charge on any atom is 0.319 e. The molecule has 0 aromatic heterocycles. The van der Waals surface area contributed by atoms with Gasteiger partial charge in [0.2, 0.25) is 5.91 Å². The number of aryl methyl sites for hydroxylation is 2. The first-order valence-corrected chi connectivity index (χ1v) is 9.67. The highest BCUT2D eigenvalue weighted by atomic mass is 16.2. The van der Waals surface area contributed by atoms with Crippen molar-refractivity contribution in [3.05, 3.63) is 65.2 Å². The molecule has 2 aromatic rings. The van der Waals surface area contributed by atoms with Gasteiger partial charge >= 0.3 is 6.03 Å². The summed E-state index contributed by atoms with van der Waals surface area (Å²) in [6.45, 7) is 8.07. The van der Waals surface area contributed by atoms with Gasteiger partial charge in [-0.2, -0.15) is 0 Å². The number of anilines is 1. The van der Waals surface area contributed by atoms with Crippen molar-refractivity contribution >= 4 is 17.6 Å². The number of benzene rings is 2. The van der Waals surface area contributed by atoms with E-state index in [-0.39, 0.29) is 18.5 Å². The van der Waals surface area contributed by atoms with Gasteiger partial charge in [-0.3, -0.25) is 9.69 Å². The first-order chi connectivity index (χ1) is 13.5. The maximum atomic E-state index is 12.4. The molecule has 0 spiro atoms. The average Bonchev–Trinajstić information content (AvgIpc) is 2.68. The van der Waals surface area contributed by atoms with Crippen LogP contribution in [0, 0.1) is 13.8 Å². The van der Waals surface area contributed by atoms with Crippen molar-refractivity contribution in [1.82, 2.24) is 15.1 Å². The van der Waals surface area contributed by atoms with E-state index < -0.39 is 0 Å². The number of amides is 3. The van der Waals surface area contributed by atoms with Gasteiger partial charge in [-0.1, -0.05) is 36.4 Å². The zero-order valence-electron chi connectivity index (χ0n) is 16.6. The third kappa shape index (κ3) is 5.57. The highest BCUT2D eigenvalue weighted by Crippen LogP contribution is 2.13. The molecule has 6 nitrogen and oxygen atoms in total. The van der Waals surface area contributed by atoms with Crippen LogP contribution in [0.2, 0.25) is 0 Å². The van der Waals surface area contributed by atoms with E-state index in [2.05, 4.69) is 46.7 Å². The van der Waals surface area contributed by atoms with Crippen LogP contribution in [0.15, 0.2) is 48.5 Å². The van der Waals surface area contributed by atoms with Crippen LogP contribution in [0.25, 0.3) is 0 Å². The zero-order valence-corrected chi connectivity index (χ0v) is 16.6. The summed E-state index contributed by atoms with van der Waals surface area (Å²) in [7, 11) is 0. The van der Waals surface area contributed by atoms with Gasteiger partial charge < -0.3 is 15.5 Å². The second kappa shape index (κ2) is 9.37. The van der Waals surface area contributed by atoms with Gasteiger partial charge in [-0.15, -0.1) is 0 Å². The Morgan fingerprint density at radius 2 is 1.71 bits per heavy atom. The number of rotatable bonds is 5. The predicted octanol–water partition coefficient (Wildman–Crippen LogP) is 2.77. The van der Waals surface area contributed by atoms with E-state index in [0.29, 0.717) is 13.1 Å². The van der Waals surface area contributed by atoms with Crippen molar-refractivity contribution < 1.29 is 9.59 Å². The van der Waals surface area contributed by atoms with E-state index in [1.165, 1.54) is 11.1 Å². The minimum Gasteiger partial charge on any atom is -0.339 e. The van der Waals surface area contributed by atoms with Gasteiger partial charge in [0.05, 0.1) is 6.54 Å². The number of carbonyl (C=O) groups is 2. The molecule has 1 aliphatic rings. The summed E-state index contributed by atoms with van der Waals surface area (Å²) in [6.07, 6.45) is 0. The molecule has 0 atom stereocenters. The lowest BCUT2D eigenvalue weighted by Crippen LogP contribution is -2.51. The molecular formula is C22H28N4O2. The Labute approximate surface area is 166 Å². The summed E-state index contributed by atoms with van der Waals surface area (Å²) in [4.78, 5) is 28.6. The highest BCUT2D eigenvalue weighted by Gasteiger charge is 2.21. The third-order valence-corrected chi connectivity index (χ3v) is 5.06. The number of hydrogen-bond acceptors (Lipinski definition) is 3. The van der Waals surface area contributed by atoms with E-state index in [1.54, 1.807) is 0 Å². The van der Waals surface area contributed by atoms with Gasteiger partial charge in [-0.25, -0.2) is 4.79 Å². The van der Waals surface area contributed by atoms with Crippen molar-refractivity contribution in [3.63, 3.8) is 0 Å². The van der Waals surface area contributed by atoms with E-state index >= 15 is 0 Å². The van der Waals surface area contributed by atoms with Crippen LogP contribution in [-0.4, -0.2) is 54.5 Å². The molecule has 6 heteroatoms. The molecule has 0 radical (unpaired) electrons. The predicted molar refractivity (Wildman–Crippen MR) is 111 cm³/mol. The summed E-state index contributed by atoms with van der Waals surface area (Å²) in [5.74, 6) is -0.0464. The SMILES string of the molecule is Cc1cccc(NC(=O)NCC(=O)N2CCN(Cc3ccccc3C)CC2)c1. The lowest BCUT2D eigenvalue weighted by Gasteiger charge is -2.35. The standard InChI is InChI=1S/C22H28N4O2/c1-17-6-5-9-20(14-17)24-22(28)23-15-21(27)26-12-10-25(11-13-26)16-19-8-4-3-7-18(19)2/h3-9,14H,10-13,15-16H2,1-2H3,(H2,23,24,28). The summed E-state index contributed by atoms with van der Waals surface area (Å²) in [5, 5.41) is 5.40. The minimum atomic E-state index is -0.364. The second-order valence-electron chi connectivity index (χ2n) is 7.26. The number of nitrogens with one attached hydrogen (secondary N) is 2. The van der Waals surface area contributed by atoms with Gasteiger partial charge in [0.25, 0.3) is 0 Å². The van der Waals surface area contributed by atoms with Crippen molar-refractivity contribution in [2.45, 2.75) is 20.4 Å². The number of piperazine rings is 1. The molecule has 0 bridgehead atoms. The van der Waals surface area contributed by atoms with Gasteiger partial charge in [0, 0.05) is 38.4 Å². The molecule has 148 valence electrons. The zero-order chi connectivity index (χ0) is 19.9. The molecule has 3 amide bonds. The first-order valence-electron chi connectivity index (χ1n) is 9.67. The smallest absolute Gasteiger partial charge is 0.319 e. The Kier molecular flexibility index (Phi) is 6.66. The van der Waals surface area contributed by atoms with Crippen LogP contribution >= 0.6 is 0 Å². The van der Waals surface area contributed by atoms with Crippen molar-refractivity contribution in [2.75, 3.05) is 38.0 Å². The fourth-order valence-corrected chi connectivity index (χ4v) is 3.35. The van der Waals surface area contributed by atoms with Crippen LogP contribution in [0.4, 0.5) is 10.5 Å². The average molecular weight is 380 g/mol. The molecule has 1 saturated heterocycles. The number of hydrogen-bond donors (Lipinski definition) is 2. The summed E-state index contributed by atoms with van der Waals surface area (Å²) in [6, 6.07) is 15.6. The van der Waals surface area contributed by atoms with Crippen LogP contribution in [0.3, 0.4) is 0 Å². The Bertz CT molecular complexity index is 829. The van der Waals surface area contributed by atoms with E-state index in [0.717, 1.165) is 30.9 Å². The molecule has 1 aliphatic heterocycles. The van der Waals surface area contributed by atoms with Crippen LogP contribution in [-0.2, 0) is 11.3 Å². The maximum absolute atomic E-state index is 12.4. The fourth-order valence-electron chi connectivity index (χ4n) is 3.35. The molecule has 3 rings (SSSR count). The molecule has 2 aromatic carbocycles. The van der Waals surface area contributed by atoms with Crippen molar-refractivity contribution in [3.8, 4) is 0 Å². The monoisotopic (exact) mass is 380 g/mol. The molecule has 0 unspecified atom stereocenters. The van der Waals surface area contributed by atoms with Gasteiger partial charge in [0.15, 0.2) is 0 Å². The summed E-state index contributed by atoms with van der Waals surface area (Å²) < 4.78 is 0. The number of carbonyl (C=O) groups excluding carboxylic acids is 2. The molecule has 0 aliphatic carbocycles. The Balaban J connectivity index is 1.40. The normalized spacial score (nSPS) is 14.6. The molecular weight excluding hydrogens is 352 g/mol. The topological polar surface area (TPSA) is 64.7 Å². The quantitative estimate of drug-likeness (QED) is 0.838. The first kappa shape index (κ1) is 19.9. The summed E-state index contributed by atoms with van der Waals surface area (Å²) in [5.41, 5.74) is 4.41. The van der Waals surface area contributed by atoms with Gasteiger partial charge in [-0.05, 0) is 42.7 Å². The molecule has 28 heavy (non-hydrogen) atoms. The van der Waals surface area contributed by atoms with E-state index in [1.807, 2.05) is 36.1 Å². The largest absolute Gasteiger partial charge is 0.339 e. The van der Waals surface area contributed by atoms with Crippen LogP contribution < -0.4 is 10.6 Å².